The Labute approximate surface area is 224 Å². The van der Waals surface area contributed by atoms with Crippen molar-refractivity contribution in [2.45, 2.75) is 18.8 Å². The number of halogens is 1. The number of hydrogen-bond donors (Lipinski definition) is 1. The number of thiophene rings is 1. The van der Waals surface area contributed by atoms with Gasteiger partial charge in [0.15, 0.2) is 10.6 Å². The molecule has 3 amide bonds. The van der Waals surface area contributed by atoms with Crippen molar-refractivity contribution >= 4 is 45.0 Å². The van der Waals surface area contributed by atoms with E-state index in [9.17, 15) is 14.4 Å². The Bertz CT molecular complexity index is 1410. The van der Waals surface area contributed by atoms with Gasteiger partial charge in [0.05, 0.1) is 25.2 Å². The molecule has 3 aromatic rings. The normalized spacial score (nSPS) is 20.8. The van der Waals surface area contributed by atoms with Crippen LogP contribution >= 0.6 is 11.3 Å². The molecular weight excluding hydrogens is 514 g/mol. The molecule has 8 nitrogen and oxygen atoms in total. The third-order valence-corrected chi connectivity index (χ3v) is 9.01. The van der Waals surface area contributed by atoms with E-state index in [2.05, 4.69) is 17.0 Å². The van der Waals surface area contributed by atoms with Gasteiger partial charge in [-0.2, -0.15) is 0 Å². The number of carbonyl (C=O) groups excluding carboxylic acids is 3. The lowest BCUT2D eigenvalue weighted by atomic mass is 9.77. The number of carbonyl (C=O) groups is 3. The molecular formula is C27H28ClN3O5S. The van der Waals surface area contributed by atoms with E-state index in [0.29, 0.717) is 41.1 Å². The van der Waals surface area contributed by atoms with Crippen LogP contribution in [0.1, 0.15) is 43.5 Å². The van der Waals surface area contributed by atoms with Crippen LogP contribution in [0.4, 0.5) is 10.5 Å². The number of likely N-dealkylation sites (tertiary alicyclic amines) is 1. The number of nitrogens with two attached hydrogens (primary N) is 1. The van der Waals surface area contributed by atoms with Crippen LogP contribution in [0, 0.1) is 5.92 Å². The number of quaternary nitrogens is 1. The van der Waals surface area contributed by atoms with E-state index in [1.54, 1.807) is 25.3 Å². The molecule has 2 aliphatic heterocycles. The molecule has 6 rings (SSSR count). The molecule has 1 fully saturated rings. The van der Waals surface area contributed by atoms with Crippen molar-refractivity contribution in [1.82, 2.24) is 9.80 Å². The first-order valence-corrected chi connectivity index (χ1v) is 13.0. The Morgan fingerprint density at radius 3 is 2.76 bits per heavy atom. The highest BCUT2D eigenvalue weighted by molar-refractivity contribution is 7.21. The van der Waals surface area contributed by atoms with Crippen molar-refractivity contribution < 1.29 is 41.6 Å². The van der Waals surface area contributed by atoms with E-state index in [4.69, 9.17) is 9.47 Å². The Hall–Kier alpha value is -2.98. The Morgan fingerprint density at radius 1 is 1.14 bits per heavy atom. The quantitative estimate of drug-likeness (QED) is 0.462. The van der Waals surface area contributed by atoms with Gasteiger partial charge in [-0.15, -0.1) is 11.3 Å². The minimum atomic E-state index is -0.445. The predicted molar refractivity (Wildman–Crippen MR) is 135 cm³/mol. The number of rotatable bonds is 5. The number of esters is 1. The fourth-order valence-electron chi connectivity index (χ4n) is 6.05. The van der Waals surface area contributed by atoms with Gasteiger partial charge in [0.25, 0.3) is 5.91 Å². The van der Waals surface area contributed by atoms with Gasteiger partial charge in [-0.3, -0.25) is 4.79 Å². The van der Waals surface area contributed by atoms with E-state index in [1.165, 1.54) is 39.8 Å². The summed E-state index contributed by atoms with van der Waals surface area (Å²) >= 11 is 1.36. The topological polar surface area (TPSA) is 92.8 Å². The second kappa shape index (κ2) is 10.1. The van der Waals surface area contributed by atoms with E-state index < -0.39 is 5.97 Å². The molecule has 3 heterocycles. The number of primary amides is 1. The van der Waals surface area contributed by atoms with Gasteiger partial charge in [0.1, 0.15) is 5.75 Å². The number of methoxy groups -OCH3 is 2. The number of urea groups is 1. The summed E-state index contributed by atoms with van der Waals surface area (Å²) in [5, 5.41) is 2.26. The standard InChI is InChI=1S/C27H27N3O5S.ClH/c1-34-21-5-3-4-17-18(21)8-6-16-13-29(14-20(16)17)10-11-30-25(31)24-23(28-27(30)33)19-12-15(26(32)35-2)7-9-22(19)36-24;/h3-5,7,9,12,16,20H,6,8,10-11,13-14H2,1-2H3,(H,28,33);1H/t16-,20+;/m0./s1. The molecule has 2 atom stereocenters. The maximum Gasteiger partial charge on any atom is 0.428 e. The molecule has 37 heavy (non-hydrogen) atoms. The fourth-order valence-corrected chi connectivity index (χ4v) is 7.16. The number of fused-ring (bicyclic) bond motifs is 6. The van der Waals surface area contributed by atoms with Crippen molar-refractivity contribution in [3.8, 4) is 5.75 Å². The van der Waals surface area contributed by atoms with Crippen molar-refractivity contribution in [3.05, 3.63) is 58.0 Å². The summed E-state index contributed by atoms with van der Waals surface area (Å²) in [7, 11) is 3.06. The minimum Gasteiger partial charge on any atom is -1.00 e. The number of ether oxygens (including phenoxy) is 2. The van der Waals surface area contributed by atoms with Gasteiger partial charge >= 0.3 is 12.0 Å². The Morgan fingerprint density at radius 2 is 1.97 bits per heavy atom. The zero-order valence-corrected chi connectivity index (χ0v) is 22.2. The average molecular weight is 542 g/mol. The van der Waals surface area contributed by atoms with Crippen LogP contribution in [-0.2, 0) is 11.2 Å². The molecule has 1 aromatic heterocycles. The van der Waals surface area contributed by atoms with E-state index in [0.717, 1.165) is 41.8 Å². The van der Waals surface area contributed by atoms with Gasteiger partial charge in [-0.1, -0.05) is 12.1 Å². The second-order valence-corrected chi connectivity index (χ2v) is 10.7. The minimum absolute atomic E-state index is 0. The van der Waals surface area contributed by atoms with Crippen LogP contribution in [0.5, 0.6) is 5.75 Å². The Kier molecular flexibility index (Phi) is 6.97. The highest BCUT2D eigenvalue weighted by atomic mass is 35.5. The van der Waals surface area contributed by atoms with Crippen molar-refractivity contribution in [3.63, 3.8) is 0 Å². The molecule has 0 spiro atoms. The summed E-state index contributed by atoms with van der Waals surface area (Å²) < 4.78 is 11.3. The number of imide groups is 1. The molecule has 0 unspecified atom stereocenters. The summed E-state index contributed by atoms with van der Waals surface area (Å²) in [4.78, 5) is 42.6. The summed E-state index contributed by atoms with van der Waals surface area (Å²) in [5.41, 5.74) is 3.71. The van der Waals surface area contributed by atoms with Gasteiger partial charge in [-0.25, -0.2) is 19.8 Å². The monoisotopic (exact) mass is 541 g/mol. The third-order valence-electron chi connectivity index (χ3n) is 7.83. The number of benzene rings is 2. The molecule has 0 bridgehead atoms. The molecule has 194 valence electrons. The summed E-state index contributed by atoms with van der Waals surface area (Å²) in [5.74, 6) is 1.31. The highest BCUT2D eigenvalue weighted by Crippen LogP contribution is 2.44. The highest BCUT2D eigenvalue weighted by Gasteiger charge is 2.41. The zero-order valence-electron chi connectivity index (χ0n) is 20.7. The number of nitrogens with zero attached hydrogens (tertiary/aromatic N) is 2. The lowest BCUT2D eigenvalue weighted by molar-refractivity contribution is -0.471. The molecule has 2 aromatic carbocycles. The smallest absolute Gasteiger partial charge is 0.428 e. The molecule has 2 N–H and O–H groups in total. The maximum absolute atomic E-state index is 13.3. The lowest BCUT2D eigenvalue weighted by Crippen LogP contribution is -3.00. The Balaban J connectivity index is 0.00000280. The molecule has 0 radical (unpaired) electrons. The van der Waals surface area contributed by atoms with Crippen LogP contribution in [0.2, 0.25) is 0 Å². The van der Waals surface area contributed by atoms with Crippen molar-refractivity contribution in [2.24, 2.45) is 5.92 Å². The molecule has 1 saturated heterocycles. The van der Waals surface area contributed by atoms with Crippen LogP contribution in [-0.4, -0.2) is 68.1 Å². The molecule has 0 saturated carbocycles. The summed E-state index contributed by atoms with van der Waals surface area (Å²) in [6, 6.07) is 11.2. The summed E-state index contributed by atoms with van der Waals surface area (Å²) in [6.07, 6.45) is 2.15. The number of amides is 3. The third kappa shape index (κ3) is 4.29. The average Bonchev–Trinajstić information content (AvgIpc) is 3.48. The SMILES string of the molecule is COC(=O)c1ccc2sc3c(c2c1)[NH2+]C(=O)N(CCN1C[C@@H]2CCc4c(OC)cccc4[C@@H]2C1)C3=O.[Cl-]. The predicted octanol–water partition coefficient (Wildman–Crippen LogP) is 0.133. The van der Waals surface area contributed by atoms with Gasteiger partial charge < -0.3 is 26.8 Å². The van der Waals surface area contributed by atoms with Crippen LogP contribution < -0.4 is 22.5 Å². The first-order valence-electron chi connectivity index (χ1n) is 12.2. The number of hydrogen-bond acceptors (Lipinski definition) is 7. The fraction of sp³-hybridized carbons (Fsp3) is 0.370. The van der Waals surface area contributed by atoms with Gasteiger partial charge in [0, 0.05) is 36.8 Å². The largest absolute Gasteiger partial charge is 1.00 e. The first kappa shape index (κ1) is 25.7. The van der Waals surface area contributed by atoms with Crippen LogP contribution in [0.25, 0.3) is 10.1 Å². The maximum atomic E-state index is 13.3. The van der Waals surface area contributed by atoms with E-state index >= 15 is 0 Å². The summed E-state index contributed by atoms with van der Waals surface area (Å²) in [6.45, 7) is 2.92. The molecule has 3 aliphatic rings. The molecule has 10 heteroatoms. The van der Waals surface area contributed by atoms with Crippen molar-refractivity contribution in [1.29, 1.82) is 0 Å². The first-order chi connectivity index (χ1) is 17.5. The van der Waals surface area contributed by atoms with Crippen LogP contribution in [0.3, 0.4) is 0 Å². The van der Waals surface area contributed by atoms with Gasteiger partial charge in [0.2, 0.25) is 0 Å². The zero-order chi connectivity index (χ0) is 25.0. The van der Waals surface area contributed by atoms with Crippen LogP contribution in [0.15, 0.2) is 36.4 Å². The van der Waals surface area contributed by atoms with Crippen molar-refractivity contribution in [2.75, 3.05) is 40.4 Å². The van der Waals surface area contributed by atoms with Gasteiger partial charge in [-0.05, 0) is 54.2 Å². The van der Waals surface area contributed by atoms with E-state index in [1.807, 2.05) is 6.07 Å². The molecule has 1 aliphatic carbocycles. The second-order valence-electron chi connectivity index (χ2n) is 9.68. The van der Waals surface area contributed by atoms with E-state index in [-0.39, 0.29) is 24.3 Å². The lowest BCUT2D eigenvalue weighted by Gasteiger charge is -2.28.